The van der Waals surface area contributed by atoms with Gasteiger partial charge in [0.05, 0.1) is 13.0 Å². The van der Waals surface area contributed by atoms with E-state index in [-0.39, 0.29) is 17.8 Å². The highest BCUT2D eigenvalue weighted by Crippen LogP contribution is 2.29. The Labute approximate surface area is 118 Å². The zero-order chi connectivity index (χ0) is 14.5. The molecule has 0 aliphatic carbocycles. The SMILES string of the molecule is COC(=O)C1CSCCC1CNC(=O)OC(C)(C)C. The first kappa shape index (κ1) is 16.1. The Kier molecular flexibility index (Phi) is 5.97. The van der Waals surface area contributed by atoms with Crippen LogP contribution in [0.2, 0.25) is 0 Å². The van der Waals surface area contributed by atoms with E-state index >= 15 is 0 Å². The standard InChI is InChI=1S/C13H23NO4S/c1-13(2,3)18-12(16)14-7-9-5-6-19-8-10(9)11(15)17-4/h9-10H,5-8H2,1-4H3,(H,14,16). The topological polar surface area (TPSA) is 64.6 Å². The monoisotopic (exact) mass is 289 g/mol. The van der Waals surface area contributed by atoms with Gasteiger partial charge in [0.2, 0.25) is 0 Å². The molecule has 1 amide bonds. The van der Waals surface area contributed by atoms with Crippen LogP contribution in [0.3, 0.4) is 0 Å². The summed E-state index contributed by atoms with van der Waals surface area (Å²) in [6.07, 6.45) is 0.467. The van der Waals surface area contributed by atoms with Crippen LogP contribution in [0.25, 0.3) is 0 Å². The lowest BCUT2D eigenvalue weighted by molar-refractivity contribution is -0.146. The van der Waals surface area contributed by atoms with E-state index in [1.807, 2.05) is 20.8 Å². The molecule has 0 bridgehead atoms. The quantitative estimate of drug-likeness (QED) is 0.806. The van der Waals surface area contributed by atoms with Gasteiger partial charge < -0.3 is 14.8 Å². The fourth-order valence-electron chi connectivity index (χ4n) is 1.97. The minimum atomic E-state index is -0.506. The number of rotatable bonds is 3. The van der Waals surface area contributed by atoms with Gasteiger partial charge in [0, 0.05) is 12.3 Å². The van der Waals surface area contributed by atoms with Crippen LogP contribution in [0.4, 0.5) is 4.79 Å². The third kappa shape index (κ3) is 5.72. The number of hydrogen-bond donors (Lipinski definition) is 1. The summed E-state index contributed by atoms with van der Waals surface area (Å²) < 4.78 is 9.99. The molecule has 2 atom stereocenters. The Hall–Kier alpha value is -0.910. The van der Waals surface area contributed by atoms with Crippen molar-refractivity contribution in [3.05, 3.63) is 0 Å². The molecule has 0 aromatic carbocycles. The van der Waals surface area contributed by atoms with Crippen molar-refractivity contribution in [2.24, 2.45) is 11.8 Å². The average molecular weight is 289 g/mol. The number of esters is 1. The molecule has 6 heteroatoms. The maximum atomic E-state index is 11.7. The van der Waals surface area contributed by atoms with E-state index in [4.69, 9.17) is 9.47 Å². The van der Waals surface area contributed by atoms with Gasteiger partial charge in [-0.2, -0.15) is 11.8 Å². The molecule has 1 N–H and O–H groups in total. The number of thioether (sulfide) groups is 1. The molecule has 1 heterocycles. The molecule has 0 radical (unpaired) electrons. The number of hydrogen-bond acceptors (Lipinski definition) is 5. The minimum absolute atomic E-state index is 0.126. The van der Waals surface area contributed by atoms with Crippen LogP contribution >= 0.6 is 11.8 Å². The Bertz CT molecular complexity index is 327. The van der Waals surface area contributed by atoms with Gasteiger partial charge in [-0.3, -0.25) is 4.79 Å². The van der Waals surface area contributed by atoms with Gasteiger partial charge in [0.15, 0.2) is 0 Å². The van der Waals surface area contributed by atoms with Crippen molar-refractivity contribution in [2.45, 2.75) is 32.8 Å². The molecule has 1 aliphatic heterocycles. The van der Waals surface area contributed by atoms with Crippen LogP contribution in [0.1, 0.15) is 27.2 Å². The molecule has 1 fully saturated rings. The molecule has 19 heavy (non-hydrogen) atoms. The second-order valence-corrected chi connectivity index (χ2v) is 6.79. The fourth-order valence-corrected chi connectivity index (χ4v) is 3.27. The first-order valence-electron chi connectivity index (χ1n) is 6.46. The lowest BCUT2D eigenvalue weighted by Crippen LogP contribution is -2.41. The molecule has 1 rings (SSSR count). The molecule has 2 unspecified atom stereocenters. The number of carbonyl (C=O) groups excluding carboxylic acids is 2. The first-order valence-corrected chi connectivity index (χ1v) is 7.61. The van der Waals surface area contributed by atoms with Gasteiger partial charge in [-0.1, -0.05) is 0 Å². The lowest BCUT2D eigenvalue weighted by Gasteiger charge is -2.29. The summed E-state index contributed by atoms with van der Waals surface area (Å²) in [5.41, 5.74) is -0.506. The lowest BCUT2D eigenvalue weighted by atomic mass is 9.91. The van der Waals surface area contributed by atoms with E-state index in [2.05, 4.69) is 5.32 Å². The van der Waals surface area contributed by atoms with Crippen molar-refractivity contribution in [1.82, 2.24) is 5.32 Å². The van der Waals surface area contributed by atoms with Crippen molar-refractivity contribution in [3.8, 4) is 0 Å². The maximum Gasteiger partial charge on any atom is 0.407 e. The highest BCUT2D eigenvalue weighted by Gasteiger charge is 2.32. The number of ether oxygens (including phenoxy) is 2. The van der Waals surface area contributed by atoms with Crippen LogP contribution in [-0.2, 0) is 14.3 Å². The van der Waals surface area contributed by atoms with Crippen molar-refractivity contribution >= 4 is 23.8 Å². The van der Waals surface area contributed by atoms with E-state index in [0.29, 0.717) is 6.54 Å². The maximum absolute atomic E-state index is 11.7. The average Bonchev–Trinajstić information content (AvgIpc) is 2.33. The minimum Gasteiger partial charge on any atom is -0.469 e. The second-order valence-electron chi connectivity index (χ2n) is 5.64. The predicted molar refractivity (Wildman–Crippen MR) is 75.2 cm³/mol. The van der Waals surface area contributed by atoms with Gasteiger partial charge in [0.25, 0.3) is 0 Å². The zero-order valence-electron chi connectivity index (χ0n) is 12.0. The third-order valence-electron chi connectivity index (χ3n) is 2.91. The Morgan fingerprint density at radius 3 is 2.63 bits per heavy atom. The van der Waals surface area contributed by atoms with Crippen LogP contribution < -0.4 is 5.32 Å². The molecule has 0 aromatic rings. The molecule has 0 spiro atoms. The number of amides is 1. The number of carbonyl (C=O) groups is 2. The zero-order valence-corrected chi connectivity index (χ0v) is 12.8. The summed E-state index contributed by atoms with van der Waals surface area (Å²) in [4.78, 5) is 23.3. The predicted octanol–water partition coefficient (Wildman–Crippen LogP) is 2.05. The van der Waals surface area contributed by atoms with Crippen LogP contribution in [-0.4, -0.2) is 42.8 Å². The molecule has 5 nitrogen and oxygen atoms in total. The van der Waals surface area contributed by atoms with E-state index < -0.39 is 11.7 Å². The van der Waals surface area contributed by atoms with Gasteiger partial charge in [-0.15, -0.1) is 0 Å². The van der Waals surface area contributed by atoms with E-state index in [1.165, 1.54) is 7.11 Å². The van der Waals surface area contributed by atoms with Crippen LogP contribution in [0.5, 0.6) is 0 Å². The molecule has 110 valence electrons. The van der Waals surface area contributed by atoms with Gasteiger partial charge >= 0.3 is 12.1 Å². The van der Waals surface area contributed by atoms with Crippen molar-refractivity contribution in [3.63, 3.8) is 0 Å². The number of nitrogens with one attached hydrogen (secondary N) is 1. The molecule has 0 saturated carbocycles. The third-order valence-corrected chi connectivity index (χ3v) is 4.03. The van der Waals surface area contributed by atoms with Crippen molar-refractivity contribution < 1.29 is 19.1 Å². The summed E-state index contributed by atoms with van der Waals surface area (Å²) in [6.45, 7) is 5.92. The fraction of sp³-hybridized carbons (Fsp3) is 0.846. The Morgan fingerprint density at radius 2 is 2.05 bits per heavy atom. The number of methoxy groups -OCH3 is 1. The summed E-state index contributed by atoms with van der Waals surface area (Å²) >= 11 is 1.75. The second kappa shape index (κ2) is 7.03. The molecule has 1 aliphatic rings. The highest BCUT2D eigenvalue weighted by atomic mass is 32.2. The highest BCUT2D eigenvalue weighted by molar-refractivity contribution is 7.99. The van der Waals surface area contributed by atoms with Crippen molar-refractivity contribution in [1.29, 1.82) is 0 Å². The summed E-state index contributed by atoms with van der Waals surface area (Å²) in [5, 5.41) is 2.74. The van der Waals surface area contributed by atoms with E-state index in [9.17, 15) is 9.59 Å². The molecule has 1 saturated heterocycles. The van der Waals surface area contributed by atoms with E-state index in [1.54, 1.807) is 11.8 Å². The molecular formula is C13H23NO4S. The van der Waals surface area contributed by atoms with Gasteiger partial charge in [-0.05, 0) is 38.9 Å². The van der Waals surface area contributed by atoms with Gasteiger partial charge in [-0.25, -0.2) is 4.79 Å². The summed E-state index contributed by atoms with van der Waals surface area (Å²) in [6, 6.07) is 0. The van der Waals surface area contributed by atoms with Crippen LogP contribution in [0, 0.1) is 11.8 Å². The van der Waals surface area contributed by atoms with Crippen molar-refractivity contribution in [2.75, 3.05) is 25.2 Å². The summed E-state index contributed by atoms with van der Waals surface area (Å²) in [5.74, 6) is 1.56. The smallest absolute Gasteiger partial charge is 0.407 e. The Balaban J connectivity index is 2.45. The van der Waals surface area contributed by atoms with E-state index in [0.717, 1.165) is 17.9 Å². The Morgan fingerprint density at radius 1 is 1.37 bits per heavy atom. The number of alkyl carbamates (subject to hydrolysis) is 1. The van der Waals surface area contributed by atoms with Gasteiger partial charge in [0.1, 0.15) is 5.60 Å². The van der Waals surface area contributed by atoms with Crippen LogP contribution in [0.15, 0.2) is 0 Å². The first-order chi connectivity index (χ1) is 8.83. The largest absolute Gasteiger partial charge is 0.469 e. The summed E-state index contributed by atoms with van der Waals surface area (Å²) in [7, 11) is 1.40. The normalized spacial score (nSPS) is 23.6. The molecular weight excluding hydrogens is 266 g/mol. The molecule has 0 aromatic heterocycles.